The second kappa shape index (κ2) is 9.87. The lowest BCUT2D eigenvalue weighted by Crippen LogP contribution is -2.39. The summed E-state index contributed by atoms with van der Waals surface area (Å²) < 4.78 is 8.19. The van der Waals surface area contributed by atoms with Crippen molar-refractivity contribution in [3.8, 4) is 0 Å². The maximum absolute atomic E-state index is 13.3. The summed E-state index contributed by atoms with van der Waals surface area (Å²) in [7, 11) is 1.80. The first-order chi connectivity index (χ1) is 14.0. The number of halogens is 1. The van der Waals surface area contributed by atoms with E-state index >= 15 is 0 Å². The molecule has 0 unspecified atom stereocenters. The molecule has 3 heterocycles. The number of carbonyl (C=O) groups is 1. The van der Waals surface area contributed by atoms with Crippen LogP contribution in [0.1, 0.15) is 28.0 Å². The predicted octanol–water partition coefficient (Wildman–Crippen LogP) is 3.44. The van der Waals surface area contributed by atoms with Crippen molar-refractivity contribution in [1.29, 1.82) is 0 Å². The Morgan fingerprint density at radius 2 is 2.03 bits per heavy atom. The number of anilines is 1. The Bertz CT molecular complexity index is 1010. The molecule has 0 atom stereocenters. The molecule has 162 valence electrons. The van der Waals surface area contributed by atoms with E-state index in [-0.39, 0.29) is 18.3 Å². The van der Waals surface area contributed by atoms with Crippen LogP contribution >= 0.6 is 23.7 Å². The van der Waals surface area contributed by atoms with Crippen molar-refractivity contribution < 1.29 is 9.53 Å². The first kappa shape index (κ1) is 22.7. The number of hydrogen-bond donors (Lipinski definition) is 0. The van der Waals surface area contributed by atoms with E-state index in [0.29, 0.717) is 12.2 Å². The van der Waals surface area contributed by atoms with Crippen LogP contribution in [0.25, 0.3) is 10.2 Å². The first-order valence-corrected chi connectivity index (χ1v) is 10.8. The van der Waals surface area contributed by atoms with Crippen LogP contribution in [0, 0.1) is 13.8 Å². The molecule has 1 aliphatic rings. The number of morpholine rings is 1. The Morgan fingerprint density at radius 1 is 1.27 bits per heavy atom. The van der Waals surface area contributed by atoms with Gasteiger partial charge in [0, 0.05) is 39.4 Å². The SMILES string of the molecule is Cc1cc(C)c2sc(N(CCCN3CCOCC3)C(=O)c3ccnn3C)nc2c1.Cl. The number of aromatic nitrogens is 3. The van der Waals surface area contributed by atoms with Gasteiger partial charge in [0.15, 0.2) is 5.13 Å². The van der Waals surface area contributed by atoms with Crippen LogP contribution < -0.4 is 4.90 Å². The van der Waals surface area contributed by atoms with Gasteiger partial charge >= 0.3 is 0 Å². The topological polar surface area (TPSA) is 63.5 Å². The van der Waals surface area contributed by atoms with Gasteiger partial charge in [-0.15, -0.1) is 12.4 Å². The lowest BCUT2D eigenvalue weighted by molar-refractivity contribution is 0.0376. The van der Waals surface area contributed by atoms with Crippen LogP contribution in [-0.4, -0.2) is 65.0 Å². The van der Waals surface area contributed by atoms with Gasteiger partial charge in [0.05, 0.1) is 23.4 Å². The Labute approximate surface area is 187 Å². The van der Waals surface area contributed by atoms with Gasteiger partial charge in [0.2, 0.25) is 0 Å². The van der Waals surface area contributed by atoms with Crippen molar-refractivity contribution in [2.24, 2.45) is 7.05 Å². The Hall–Kier alpha value is -2.00. The monoisotopic (exact) mass is 449 g/mol. The predicted molar refractivity (Wildman–Crippen MR) is 123 cm³/mol. The molecule has 0 N–H and O–H groups in total. The van der Waals surface area contributed by atoms with E-state index in [1.54, 1.807) is 35.3 Å². The molecule has 0 radical (unpaired) electrons. The second-order valence-electron chi connectivity index (χ2n) is 7.53. The molecule has 0 bridgehead atoms. The fourth-order valence-electron chi connectivity index (χ4n) is 3.76. The van der Waals surface area contributed by atoms with Crippen LogP contribution in [0.15, 0.2) is 24.4 Å². The molecule has 30 heavy (non-hydrogen) atoms. The fraction of sp³-hybridized carbons (Fsp3) is 0.476. The van der Waals surface area contributed by atoms with Crippen molar-refractivity contribution in [1.82, 2.24) is 19.7 Å². The van der Waals surface area contributed by atoms with Crippen molar-refractivity contribution in [3.63, 3.8) is 0 Å². The molecule has 2 aromatic heterocycles. The number of rotatable bonds is 6. The molecule has 1 fully saturated rings. The third-order valence-corrected chi connectivity index (χ3v) is 6.51. The molecule has 0 saturated carbocycles. The number of ether oxygens (including phenoxy) is 1. The third-order valence-electron chi connectivity index (χ3n) is 5.28. The minimum absolute atomic E-state index is 0. The minimum Gasteiger partial charge on any atom is -0.379 e. The summed E-state index contributed by atoms with van der Waals surface area (Å²) in [5.74, 6) is -0.0552. The van der Waals surface area contributed by atoms with Gasteiger partial charge in [-0.3, -0.25) is 19.3 Å². The first-order valence-electron chi connectivity index (χ1n) is 10.0. The number of thiazole rings is 1. The number of carbonyl (C=O) groups excluding carboxylic acids is 1. The van der Waals surface area contributed by atoms with Crippen molar-refractivity contribution in [2.75, 3.05) is 44.3 Å². The van der Waals surface area contributed by atoms with Gasteiger partial charge < -0.3 is 4.74 Å². The summed E-state index contributed by atoms with van der Waals surface area (Å²) in [6.07, 6.45) is 2.54. The van der Waals surface area contributed by atoms with Crippen LogP contribution in [-0.2, 0) is 11.8 Å². The van der Waals surface area contributed by atoms with E-state index < -0.39 is 0 Å². The molecule has 3 aromatic rings. The summed E-state index contributed by atoms with van der Waals surface area (Å²) in [5, 5.41) is 4.92. The standard InChI is InChI=1S/C21H27N5O2S.ClH/c1-15-13-16(2)19-17(14-15)23-21(29-19)26(20(27)18-5-6-22-24(18)3)8-4-7-25-9-11-28-12-10-25;/h5-6,13-14H,4,7-12H2,1-3H3;1H. The zero-order valence-electron chi connectivity index (χ0n) is 17.6. The number of nitrogens with zero attached hydrogens (tertiary/aromatic N) is 5. The van der Waals surface area contributed by atoms with Gasteiger partial charge in [-0.05, 0) is 43.5 Å². The molecule has 0 aliphatic carbocycles. The normalized spacial score (nSPS) is 14.6. The summed E-state index contributed by atoms with van der Waals surface area (Å²) in [6.45, 7) is 9.23. The summed E-state index contributed by atoms with van der Waals surface area (Å²) >= 11 is 1.59. The van der Waals surface area contributed by atoms with Crippen molar-refractivity contribution in [2.45, 2.75) is 20.3 Å². The zero-order chi connectivity index (χ0) is 20.4. The fourth-order valence-corrected chi connectivity index (χ4v) is 4.80. The highest BCUT2D eigenvalue weighted by molar-refractivity contribution is 7.22. The minimum atomic E-state index is -0.0552. The molecule has 4 rings (SSSR count). The maximum atomic E-state index is 13.3. The van der Waals surface area contributed by atoms with Crippen molar-refractivity contribution >= 4 is 45.0 Å². The van der Waals surface area contributed by atoms with E-state index in [1.165, 1.54) is 11.1 Å². The van der Waals surface area contributed by atoms with Gasteiger partial charge in [-0.25, -0.2) is 4.98 Å². The molecular formula is C21H28ClN5O2S. The molecule has 1 amide bonds. The van der Waals surface area contributed by atoms with E-state index in [1.807, 2.05) is 4.90 Å². The average molecular weight is 450 g/mol. The zero-order valence-corrected chi connectivity index (χ0v) is 19.3. The Kier molecular flexibility index (Phi) is 7.46. The lowest BCUT2D eigenvalue weighted by atomic mass is 10.1. The van der Waals surface area contributed by atoms with Gasteiger partial charge in [-0.2, -0.15) is 5.10 Å². The molecule has 1 saturated heterocycles. The molecule has 7 nitrogen and oxygen atoms in total. The lowest BCUT2D eigenvalue weighted by Gasteiger charge is -2.27. The van der Waals surface area contributed by atoms with Gasteiger partial charge in [0.1, 0.15) is 5.69 Å². The number of hydrogen-bond acceptors (Lipinski definition) is 6. The molecule has 1 aromatic carbocycles. The highest BCUT2D eigenvalue weighted by Gasteiger charge is 2.24. The Balaban J connectivity index is 0.00000256. The van der Waals surface area contributed by atoms with Gasteiger partial charge in [0.25, 0.3) is 5.91 Å². The van der Waals surface area contributed by atoms with Crippen molar-refractivity contribution in [3.05, 3.63) is 41.2 Å². The van der Waals surface area contributed by atoms with E-state index in [9.17, 15) is 4.79 Å². The summed E-state index contributed by atoms with van der Waals surface area (Å²) in [6, 6.07) is 6.01. The van der Waals surface area contributed by atoms with Crippen LogP contribution in [0.5, 0.6) is 0 Å². The number of aryl methyl sites for hydroxylation is 3. The number of fused-ring (bicyclic) bond motifs is 1. The third kappa shape index (κ3) is 4.83. The summed E-state index contributed by atoms with van der Waals surface area (Å²) in [5.41, 5.74) is 3.91. The smallest absolute Gasteiger partial charge is 0.278 e. The summed E-state index contributed by atoms with van der Waals surface area (Å²) in [4.78, 5) is 22.4. The van der Waals surface area contributed by atoms with Crippen LogP contribution in [0.3, 0.4) is 0 Å². The largest absolute Gasteiger partial charge is 0.379 e. The molecular weight excluding hydrogens is 422 g/mol. The molecule has 0 spiro atoms. The van der Waals surface area contributed by atoms with Crippen LogP contribution in [0.4, 0.5) is 5.13 Å². The second-order valence-corrected chi connectivity index (χ2v) is 8.51. The average Bonchev–Trinajstić information content (AvgIpc) is 3.32. The Morgan fingerprint density at radius 3 is 2.73 bits per heavy atom. The maximum Gasteiger partial charge on any atom is 0.278 e. The molecule has 9 heteroatoms. The molecule has 1 aliphatic heterocycles. The highest BCUT2D eigenvalue weighted by Crippen LogP contribution is 2.33. The van der Waals surface area contributed by atoms with E-state index in [4.69, 9.17) is 9.72 Å². The van der Waals surface area contributed by atoms with Crippen LogP contribution in [0.2, 0.25) is 0 Å². The quantitative estimate of drug-likeness (QED) is 0.576. The van der Waals surface area contributed by atoms with E-state index in [2.05, 4.69) is 36.0 Å². The highest BCUT2D eigenvalue weighted by atomic mass is 35.5. The van der Waals surface area contributed by atoms with Gasteiger partial charge in [-0.1, -0.05) is 17.4 Å². The number of benzene rings is 1. The number of amides is 1. The van der Waals surface area contributed by atoms with E-state index in [0.717, 1.165) is 54.6 Å².